The highest BCUT2D eigenvalue weighted by atomic mass is 16.5. The summed E-state index contributed by atoms with van der Waals surface area (Å²) < 4.78 is 6.70. The average Bonchev–Trinajstić information content (AvgIpc) is 3.16. The first-order valence-electron chi connectivity index (χ1n) is 15.2. The number of nitrogens with two attached hydrogens (primary N) is 2. The Morgan fingerprint density at radius 1 is 0.889 bits per heavy atom. The highest BCUT2D eigenvalue weighted by molar-refractivity contribution is 5.57. The minimum atomic E-state index is 0.128. The van der Waals surface area contributed by atoms with Crippen LogP contribution in [0.4, 0.5) is 11.4 Å². The molecule has 3 fully saturated rings. The zero-order valence-corrected chi connectivity index (χ0v) is 23.7. The molecule has 1 aromatic carbocycles. The minimum Gasteiger partial charge on any atom is -0.461 e. The smallest absolute Gasteiger partial charge is 0.131 e. The molecule has 3 nitrogen and oxygen atoms in total. The predicted molar refractivity (Wildman–Crippen MR) is 152 cm³/mol. The van der Waals surface area contributed by atoms with Crippen molar-refractivity contribution in [2.24, 2.45) is 52.3 Å². The van der Waals surface area contributed by atoms with E-state index in [0.717, 1.165) is 53.6 Å². The van der Waals surface area contributed by atoms with Crippen LogP contribution in [0, 0.1) is 52.3 Å². The number of ether oxygens (including phenoxy) is 1. The highest BCUT2D eigenvalue weighted by Gasteiger charge is 2.61. The van der Waals surface area contributed by atoms with Crippen molar-refractivity contribution in [2.75, 3.05) is 11.5 Å². The Kier molecular flexibility index (Phi) is 7.16. The number of anilines is 2. The van der Waals surface area contributed by atoms with Crippen LogP contribution in [0.2, 0.25) is 0 Å². The molecule has 0 aromatic heterocycles. The van der Waals surface area contributed by atoms with E-state index in [2.05, 4.69) is 40.7 Å². The second-order valence-electron chi connectivity index (χ2n) is 14.0. The Labute approximate surface area is 220 Å². The fourth-order valence-corrected chi connectivity index (χ4v) is 9.90. The zero-order valence-electron chi connectivity index (χ0n) is 23.7. The van der Waals surface area contributed by atoms with Gasteiger partial charge < -0.3 is 16.2 Å². The van der Waals surface area contributed by atoms with Crippen molar-refractivity contribution in [3.05, 3.63) is 30.0 Å². The molecule has 36 heavy (non-hydrogen) atoms. The molecule has 0 saturated heterocycles. The maximum Gasteiger partial charge on any atom is 0.131 e. The lowest BCUT2D eigenvalue weighted by atomic mass is 9.45. The van der Waals surface area contributed by atoms with Crippen LogP contribution in [0.15, 0.2) is 30.0 Å². The van der Waals surface area contributed by atoms with Gasteiger partial charge >= 0.3 is 0 Å². The summed E-state index contributed by atoms with van der Waals surface area (Å²) in [5.41, 5.74) is 14.2. The standard InChI is InChI=1S/C33H52N2O/c1-21(2)8-6-9-22(3)28-14-15-29-27-13-12-23-10-7-11-31(36-26-19-24(34)18-25(35)20-26)33(23,5)30(27)16-17-32(28,29)4/h11,18-23,27-30H,6-10,12-17,34-35H2,1-5H3/t22-,23?,27+,28-,29+,30+,32-,33+/m1/s1. The molecule has 0 radical (unpaired) electrons. The van der Waals surface area contributed by atoms with Crippen molar-refractivity contribution in [3.8, 4) is 5.75 Å². The van der Waals surface area contributed by atoms with Gasteiger partial charge in [-0.05, 0) is 110 Å². The highest BCUT2D eigenvalue weighted by Crippen LogP contribution is 2.68. The van der Waals surface area contributed by atoms with Crippen LogP contribution in [0.1, 0.15) is 105 Å². The van der Waals surface area contributed by atoms with Gasteiger partial charge in [0.25, 0.3) is 0 Å². The molecule has 0 spiro atoms. The molecule has 4 aliphatic carbocycles. The summed E-state index contributed by atoms with van der Waals surface area (Å²) in [7, 11) is 0. The Balaban J connectivity index is 1.36. The predicted octanol–water partition coefficient (Wildman–Crippen LogP) is 8.84. The Bertz CT molecular complexity index is 948. The first-order chi connectivity index (χ1) is 17.1. The summed E-state index contributed by atoms with van der Waals surface area (Å²) in [5, 5.41) is 0. The maximum atomic E-state index is 6.70. The van der Waals surface area contributed by atoms with Crippen LogP contribution in [-0.4, -0.2) is 0 Å². The molecular weight excluding hydrogens is 440 g/mol. The zero-order chi connectivity index (χ0) is 25.7. The molecule has 200 valence electrons. The van der Waals surface area contributed by atoms with Gasteiger partial charge in [-0.3, -0.25) is 0 Å². The second kappa shape index (κ2) is 9.91. The molecule has 1 aromatic rings. The monoisotopic (exact) mass is 492 g/mol. The van der Waals surface area contributed by atoms with E-state index >= 15 is 0 Å². The molecule has 4 aliphatic rings. The summed E-state index contributed by atoms with van der Waals surface area (Å²) in [4.78, 5) is 0. The molecule has 0 bridgehead atoms. The van der Waals surface area contributed by atoms with Crippen molar-refractivity contribution in [3.63, 3.8) is 0 Å². The molecule has 1 unspecified atom stereocenters. The second-order valence-corrected chi connectivity index (χ2v) is 14.0. The lowest BCUT2D eigenvalue weighted by Gasteiger charge is -2.60. The third kappa shape index (κ3) is 4.47. The minimum absolute atomic E-state index is 0.128. The summed E-state index contributed by atoms with van der Waals surface area (Å²) in [5.74, 6) is 7.81. The van der Waals surface area contributed by atoms with E-state index < -0.39 is 0 Å². The Morgan fingerprint density at radius 3 is 2.36 bits per heavy atom. The van der Waals surface area contributed by atoms with Crippen molar-refractivity contribution >= 4 is 11.4 Å². The quantitative estimate of drug-likeness (QED) is 0.374. The fourth-order valence-electron chi connectivity index (χ4n) is 9.90. The number of hydrogen-bond donors (Lipinski definition) is 2. The van der Waals surface area contributed by atoms with E-state index in [1.54, 1.807) is 0 Å². The van der Waals surface area contributed by atoms with Gasteiger partial charge in [-0.1, -0.05) is 53.9 Å². The van der Waals surface area contributed by atoms with Crippen LogP contribution >= 0.6 is 0 Å². The van der Waals surface area contributed by atoms with Crippen molar-refractivity contribution in [2.45, 2.75) is 105 Å². The van der Waals surface area contributed by atoms with Crippen molar-refractivity contribution < 1.29 is 4.74 Å². The molecule has 0 aliphatic heterocycles. The number of benzene rings is 1. The van der Waals surface area contributed by atoms with Gasteiger partial charge in [0.1, 0.15) is 11.5 Å². The Hall–Kier alpha value is -1.64. The first kappa shape index (κ1) is 26.0. The molecule has 8 atom stereocenters. The topological polar surface area (TPSA) is 61.3 Å². The molecular formula is C33H52N2O. The van der Waals surface area contributed by atoms with Gasteiger partial charge in [0, 0.05) is 28.9 Å². The first-order valence-corrected chi connectivity index (χ1v) is 15.2. The average molecular weight is 493 g/mol. The lowest BCUT2D eigenvalue weighted by Crippen LogP contribution is -2.54. The maximum absolute atomic E-state index is 6.70. The molecule has 3 saturated carbocycles. The van der Waals surface area contributed by atoms with Crippen LogP contribution in [0.25, 0.3) is 0 Å². The van der Waals surface area contributed by atoms with Crippen LogP contribution in [-0.2, 0) is 0 Å². The summed E-state index contributed by atoms with van der Waals surface area (Å²) in [6, 6.07) is 5.68. The van der Waals surface area contributed by atoms with Gasteiger partial charge in [-0.25, -0.2) is 0 Å². The molecule has 4 N–H and O–H groups in total. The van der Waals surface area contributed by atoms with E-state index in [1.807, 2.05) is 18.2 Å². The van der Waals surface area contributed by atoms with E-state index in [4.69, 9.17) is 16.2 Å². The van der Waals surface area contributed by atoms with Gasteiger partial charge in [0.15, 0.2) is 0 Å². The third-order valence-corrected chi connectivity index (χ3v) is 11.7. The van der Waals surface area contributed by atoms with Crippen molar-refractivity contribution in [1.29, 1.82) is 0 Å². The van der Waals surface area contributed by atoms with Crippen molar-refractivity contribution in [1.82, 2.24) is 0 Å². The third-order valence-electron chi connectivity index (χ3n) is 11.7. The summed E-state index contributed by atoms with van der Waals surface area (Å²) >= 11 is 0. The van der Waals surface area contributed by atoms with Gasteiger partial charge in [-0.2, -0.15) is 0 Å². The van der Waals surface area contributed by atoms with Crippen LogP contribution in [0.5, 0.6) is 5.75 Å². The largest absolute Gasteiger partial charge is 0.461 e. The number of allylic oxidation sites excluding steroid dienone is 2. The number of nitrogen functional groups attached to an aromatic ring is 2. The SMILES string of the molecule is CC(C)CCC[C@@H](C)[C@H]1CC[C@H]2[C@@H]3CCC4CCC=C(Oc5cc(N)cc(N)c5)[C@]4(C)[C@H]3CC[C@]12C. The number of hydrogen-bond acceptors (Lipinski definition) is 3. The van der Waals surface area contributed by atoms with Gasteiger partial charge in [-0.15, -0.1) is 0 Å². The molecule has 0 heterocycles. The number of fused-ring (bicyclic) bond motifs is 5. The molecule has 5 rings (SSSR count). The number of rotatable bonds is 7. The van der Waals surface area contributed by atoms with Crippen LogP contribution < -0.4 is 16.2 Å². The van der Waals surface area contributed by atoms with E-state index in [0.29, 0.717) is 16.8 Å². The normalized spacial score (nSPS) is 38.6. The summed E-state index contributed by atoms with van der Waals surface area (Å²) in [6.45, 7) is 12.6. The fraction of sp³-hybridized carbons (Fsp3) is 0.758. The Morgan fingerprint density at radius 2 is 1.64 bits per heavy atom. The van der Waals surface area contributed by atoms with Gasteiger partial charge in [0.05, 0.1) is 0 Å². The molecule has 3 heteroatoms. The van der Waals surface area contributed by atoms with Crippen LogP contribution in [0.3, 0.4) is 0 Å². The van der Waals surface area contributed by atoms with E-state index in [9.17, 15) is 0 Å². The van der Waals surface area contributed by atoms with Gasteiger partial charge in [0.2, 0.25) is 0 Å². The van der Waals surface area contributed by atoms with E-state index in [-0.39, 0.29) is 5.41 Å². The summed E-state index contributed by atoms with van der Waals surface area (Å²) in [6.07, 6.45) is 17.5. The van der Waals surface area contributed by atoms with E-state index in [1.165, 1.54) is 70.0 Å². The lowest BCUT2D eigenvalue weighted by molar-refractivity contribution is -0.100. The molecule has 0 amide bonds.